The van der Waals surface area contributed by atoms with E-state index in [-0.39, 0.29) is 5.92 Å². The second-order valence-electron chi connectivity index (χ2n) is 5.80. The summed E-state index contributed by atoms with van der Waals surface area (Å²) in [6.07, 6.45) is 5.82. The van der Waals surface area contributed by atoms with Gasteiger partial charge in [0.05, 0.1) is 5.69 Å². The third-order valence-electron chi connectivity index (χ3n) is 4.38. The zero-order valence-corrected chi connectivity index (χ0v) is 12.6. The normalized spacial score (nSPS) is 16.6. The number of hydrogen-bond acceptors (Lipinski definition) is 2. The van der Waals surface area contributed by atoms with E-state index in [1.807, 2.05) is 30.6 Å². The van der Waals surface area contributed by atoms with Crippen molar-refractivity contribution in [2.75, 3.05) is 7.05 Å². The molecule has 1 heterocycles. The van der Waals surface area contributed by atoms with Crippen LogP contribution < -0.4 is 0 Å². The fourth-order valence-electron chi connectivity index (χ4n) is 3.02. The molecule has 4 heteroatoms. The molecule has 0 bridgehead atoms. The van der Waals surface area contributed by atoms with Gasteiger partial charge in [-0.3, -0.25) is 9.48 Å². The maximum Gasteiger partial charge on any atom is 0.225 e. The Labute approximate surface area is 115 Å². The first-order chi connectivity index (χ1) is 9.00. The van der Waals surface area contributed by atoms with Crippen molar-refractivity contribution in [1.82, 2.24) is 14.7 Å². The van der Waals surface area contributed by atoms with Crippen molar-refractivity contribution in [2.45, 2.75) is 52.5 Å². The minimum Gasteiger partial charge on any atom is -0.341 e. The van der Waals surface area contributed by atoms with Crippen LogP contribution >= 0.6 is 0 Å². The Balaban J connectivity index is 2.03. The smallest absolute Gasteiger partial charge is 0.225 e. The molecule has 1 aromatic heterocycles. The largest absolute Gasteiger partial charge is 0.341 e. The van der Waals surface area contributed by atoms with Crippen LogP contribution in [0.1, 0.15) is 49.1 Å². The summed E-state index contributed by atoms with van der Waals surface area (Å²) < 4.78 is 1.89. The lowest BCUT2D eigenvalue weighted by Gasteiger charge is -2.26. The average molecular weight is 263 g/mol. The Morgan fingerprint density at radius 2 is 1.95 bits per heavy atom. The maximum absolute atomic E-state index is 12.4. The Bertz CT molecular complexity index is 458. The van der Waals surface area contributed by atoms with E-state index in [1.54, 1.807) is 0 Å². The number of nitrogens with zero attached hydrogens (tertiary/aromatic N) is 3. The van der Waals surface area contributed by atoms with Crippen molar-refractivity contribution in [3.63, 3.8) is 0 Å². The fraction of sp³-hybridized carbons (Fsp3) is 0.733. The van der Waals surface area contributed by atoms with Gasteiger partial charge in [-0.15, -0.1) is 0 Å². The van der Waals surface area contributed by atoms with Crippen molar-refractivity contribution >= 4 is 5.91 Å². The number of rotatable bonds is 3. The number of hydrogen-bond donors (Lipinski definition) is 0. The molecule has 1 amide bonds. The summed E-state index contributed by atoms with van der Waals surface area (Å²) in [7, 11) is 3.87. The molecule has 1 fully saturated rings. The highest BCUT2D eigenvalue weighted by Crippen LogP contribution is 2.26. The van der Waals surface area contributed by atoms with Gasteiger partial charge in [-0.25, -0.2) is 0 Å². The van der Waals surface area contributed by atoms with Crippen LogP contribution in [0, 0.1) is 19.8 Å². The second kappa shape index (κ2) is 5.76. The number of aryl methyl sites for hydroxylation is 2. The highest BCUT2D eigenvalue weighted by atomic mass is 16.2. The van der Waals surface area contributed by atoms with Gasteiger partial charge >= 0.3 is 0 Å². The molecular weight excluding hydrogens is 238 g/mol. The van der Waals surface area contributed by atoms with Gasteiger partial charge in [0, 0.05) is 37.8 Å². The van der Waals surface area contributed by atoms with Crippen LogP contribution in [-0.4, -0.2) is 27.6 Å². The Kier molecular flexibility index (Phi) is 4.27. The molecule has 1 saturated carbocycles. The van der Waals surface area contributed by atoms with Crippen molar-refractivity contribution in [2.24, 2.45) is 13.0 Å². The molecule has 0 radical (unpaired) electrons. The summed E-state index contributed by atoms with van der Waals surface area (Å²) in [6, 6.07) is 0. The molecule has 19 heavy (non-hydrogen) atoms. The van der Waals surface area contributed by atoms with Crippen molar-refractivity contribution < 1.29 is 4.79 Å². The van der Waals surface area contributed by atoms with E-state index < -0.39 is 0 Å². The summed E-state index contributed by atoms with van der Waals surface area (Å²) >= 11 is 0. The highest BCUT2D eigenvalue weighted by molar-refractivity contribution is 5.78. The lowest BCUT2D eigenvalue weighted by molar-refractivity contribution is -0.135. The number of aromatic nitrogens is 2. The Hall–Kier alpha value is -1.32. The van der Waals surface area contributed by atoms with Crippen LogP contribution in [0.4, 0.5) is 0 Å². The molecule has 1 aromatic rings. The predicted molar refractivity (Wildman–Crippen MR) is 75.7 cm³/mol. The molecule has 1 aliphatic carbocycles. The second-order valence-corrected chi connectivity index (χ2v) is 5.80. The summed E-state index contributed by atoms with van der Waals surface area (Å²) in [5.41, 5.74) is 3.37. The molecule has 1 aliphatic rings. The molecular formula is C15H25N3O. The van der Waals surface area contributed by atoms with Crippen molar-refractivity contribution in [1.29, 1.82) is 0 Å². The van der Waals surface area contributed by atoms with Gasteiger partial charge in [0.1, 0.15) is 0 Å². The third kappa shape index (κ3) is 2.99. The van der Waals surface area contributed by atoms with Crippen LogP contribution in [0.25, 0.3) is 0 Å². The minimum absolute atomic E-state index is 0.246. The summed E-state index contributed by atoms with van der Waals surface area (Å²) in [5, 5.41) is 4.41. The lowest BCUT2D eigenvalue weighted by atomic mass is 9.88. The quantitative estimate of drug-likeness (QED) is 0.840. The Morgan fingerprint density at radius 3 is 2.47 bits per heavy atom. The van der Waals surface area contributed by atoms with Gasteiger partial charge in [-0.2, -0.15) is 5.10 Å². The first-order valence-electron chi connectivity index (χ1n) is 7.24. The fourth-order valence-corrected chi connectivity index (χ4v) is 3.02. The van der Waals surface area contributed by atoms with Gasteiger partial charge in [-0.05, 0) is 26.7 Å². The topological polar surface area (TPSA) is 38.1 Å². The highest BCUT2D eigenvalue weighted by Gasteiger charge is 2.25. The third-order valence-corrected chi connectivity index (χ3v) is 4.38. The number of carbonyl (C=O) groups excluding carboxylic acids is 1. The molecule has 0 atom stereocenters. The minimum atomic E-state index is 0.246. The van der Waals surface area contributed by atoms with Crippen LogP contribution in [0.15, 0.2) is 0 Å². The van der Waals surface area contributed by atoms with Gasteiger partial charge in [0.2, 0.25) is 5.91 Å². The van der Waals surface area contributed by atoms with E-state index in [2.05, 4.69) is 12.0 Å². The van der Waals surface area contributed by atoms with E-state index in [1.165, 1.54) is 24.8 Å². The molecule has 2 rings (SSSR count). The maximum atomic E-state index is 12.4. The molecule has 0 saturated heterocycles. The molecule has 0 aliphatic heterocycles. The van der Waals surface area contributed by atoms with Gasteiger partial charge in [-0.1, -0.05) is 19.3 Å². The average Bonchev–Trinajstić information content (AvgIpc) is 2.65. The summed E-state index contributed by atoms with van der Waals surface area (Å²) in [6.45, 7) is 4.76. The summed E-state index contributed by atoms with van der Waals surface area (Å²) in [5.74, 6) is 0.554. The summed E-state index contributed by atoms with van der Waals surface area (Å²) in [4.78, 5) is 14.3. The van der Waals surface area contributed by atoms with Crippen LogP contribution in [-0.2, 0) is 18.4 Å². The number of carbonyl (C=O) groups is 1. The monoisotopic (exact) mass is 263 g/mol. The zero-order valence-electron chi connectivity index (χ0n) is 12.6. The van der Waals surface area contributed by atoms with Crippen LogP contribution in [0.3, 0.4) is 0 Å². The van der Waals surface area contributed by atoms with Gasteiger partial charge in [0.25, 0.3) is 0 Å². The first kappa shape index (κ1) is 14.1. The molecule has 4 nitrogen and oxygen atoms in total. The first-order valence-corrected chi connectivity index (χ1v) is 7.24. The van der Waals surface area contributed by atoms with Gasteiger partial charge < -0.3 is 4.90 Å². The molecule has 106 valence electrons. The zero-order chi connectivity index (χ0) is 14.0. The van der Waals surface area contributed by atoms with E-state index >= 15 is 0 Å². The molecule has 0 N–H and O–H groups in total. The van der Waals surface area contributed by atoms with Crippen molar-refractivity contribution in [3.8, 4) is 0 Å². The van der Waals surface area contributed by atoms with E-state index in [0.29, 0.717) is 12.5 Å². The van der Waals surface area contributed by atoms with Crippen LogP contribution in [0.5, 0.6) is 0 Å². The molecule has 0 spiro atoms. The van der Waals surface area contributed by atoms with Crippen molar-refractivity contribution in [3.05, 3.63) is 17.0 Å². The van der Waals surface area contributed by atoms with Gasteiger partial charge in [0.15, 0.2) is 0 Å². The lowest BCUT2D eigenvalue weighted by Crippen LogP contribution is -2.33. The standard InChI is InChI=1S/C15H25N3O/c1-11-14(12(2)18(4)16-11)10-17(3)15(19)13-8-6-5-7-9-13/h13H,5-10H2,1-4H3. The SMILES string of the molecule is Cc1nn(C)c(C)c1CN(C)C(=O)C1CCCCC1. The van der Waals surface area contributed by atoms with E-state index in [0.717, 1.165) is 24.2 Å². The number of amides is 1. The molecule has 0 aromatic carbocycles. The Morgan fingerprint density at radius 1 is 1.32 bits per heavy atom. The molecule has 0 unspecified atom stereocenters. The van der Waals surface area contributed by atoms with E-state index in [9.17, 15) is 4.79 Å². The predicted octanol–water partition coefficient (Wildman–Crippen LogP) is 2.58. The van der Waals surface area contributed by atoms with E-state index in [4.69, 9.17) is 0 Å². The van der Waals surface area contributed by atoms with Crippen LogP contribution in [0.2, 0.25) is 0 Å².